The Morgan fingerprint density at radius 3 is 2.38 bits per heavy atom. The summed E-state index contributed by atoms with van der Waals surface area (Å²) in [6.07, 6.45) is 2.88. The van der Waals surface area contributed by atoms with Crippen LogP contribution in [0, 0.1) is 17.6 Å². The molecule has 132 valence electrons. The fraction of sp³-hybridized carbons (Fsp3) is 0.238. The summed E-state index contributed by atoms with van der Waals surface area (Å²) < 4.78 is 28.3. The quantitative estimate of drug-likeness (QED) is 0.645. The van der Waals surface area contributed by atoms with E-state index < -0.39 is 11.6 Å². The second-order valence-electron chi connectivity index (χ2n) is 6.57. The first-order chi connectivity index (χ1) is 12.6. The van der Waals surface area contributed by atoms with Gasteiger partial charge in [-0.15, -0.1) is 0 Å². The van der Waals surface area contributed by atoms with Crippen LogP contribution in [0.3, 0.4) is 0 Å². The SMILES string of the molecule is O=C(c1ccccc1)C1CCN(c2ccnc3c(F)ccc(F)c23)CC1. The number of halogens is 2. The highest BCUT2D eigenvalue weighted by molar-refractivity contribution is 5.98. The number of hydrogen-bond acceptors (Lipinski definition) is 3. The Balaban J connectivity index is 1.57. The number of fused-ring (bicyclic) bond motifs is 1. The lowest BCUT2D eigenvalue weighted by Gasteiger charge is -2.33. The number of nitrogens with zero attached hydrogens (tertiary/aromatic N) is 2. The minimum atomic E-state index is -0.530. The van der Waals surface area contributed by atoms with E-state index in [9.17, 15) is 13.6 Å². The molecule has 2 aromatic carbocycles. The van der Waals surface area contributed by atoms with E-state index >= 15 is 0 Å². The zero-order valence-corrected chi connectivity index (χ0v) is 14.2. The normalized spacial score (nSPS) is 15.4. The van der Waals surface area contributed by atoms with Gasteiger partial charge >= 0.3 is 0 Å². The van der Waals surface area contributed by atoms with Crippen LogP contribution in [0.2, 0.25) is 0 Å². The van der Waals surface area contributed by atoms with Crippen LogP contribution in [0.5, 0.6) is 0 Å². The molecular weight excluding hydrogens is 334 g/mol. The number of Topliss-reactive ketones (excluding diaryl/α,β-unsaturated/α-hetero) is 1. The van der Waals surface area contributed by atoms with Crippen LogP contribution in [0.15, 0.2) is 54.7 Å². The van der Waals surface area contributed by atoms with E-state index in [-0.39, 0.29) is 22.6 Å². The maximum Gasteiger partial charge on any atom is 0.166 e. The molecule has 0 radical (unpaired) electrons. The van der Waals surface area contributed by atoms with E-state index in [4.69, 9.17) is 0 Å². The topological polar surface area (TPSA) is 33.2 Å². The van der Waals surface area contributed by atoms with Crippen LogP contribution in [0.1, 0.15) is 23.2 Å². The summed E-state index contributed by atoms with van der Waals surface area (Å²) in [6.45, 7) is 1.25. The smallest absolute Gasteiger partial charge is 0.166 e. The van der Waals surface area contributed by atoms with Gasteiger partial charge in [-0.3, -0.25) is 9.78 Å². The molecule has 0 atom stereocenters. The lowest BCUT2D eigenvalue weighted by Crippen LogP contribution is -2.36. The molecule has 0 spiro atoms. The predicted molar refractivity (Wildman–Crippen MR) is 97.4 cm³/mol. The number of hydrogen-bond donors (Lipinski definition) is 0. The van der Waals surface area contributed by atoms with E-state index in [1.165, 1.54) is 6.20 Å². The van der Waals surface area contributed by atoms with Gasteiger partial charge in [0, 0.05) is 30.8 Å². The molecule has 0 saturated carbocycles. The molecule has 5 heteroatoms. The first-order valence-electron chi connectivity index (χ1n) is 8.72. The van der Waals surface area contributed by atoms with Gasteiger partial charge in [-0.2, -0.15) is 0 Å². The average Bonchev–Trinajstić information content (AvgIpc) is 2.71. The van der Waals surface area contributed by atoms with Gasteiger partial charge in [0.15, 0.2) is 5.78 Å². The van der Waals surface area contributed by atoms with Crippen LogP contribution in [0.4, 0.5) is 14.5 Å². The molecule has 1 fully saturated rings. The number of carbonyl (C=O) groups is 1. The van der Waals surface area contributed by atoms with E-state index in [1.54, 1.807) is 6.07 Å². The summed E-state index contributed by atoms with van der Waals surface area (Å²) in [5.41, 5.74) is 1.41. The Morgan fingerprint density at radius 1 is 0.962 bits per heavy atom. The molecule has 2 heterocycles. The van der Waals surface area contributed by atoms with Crippen LogP contribution in [-0.4, -0.2) is 23.9 Å². The second-order valence-corrected chi connectivity index (χ2v) is 6.57. The summed E-state index contributed by atoms with van der Waals surface area (Å²) in [7, 11) is 0. The van der Waals surface area contributed by atoms with E-state index in [0.29, 0.717) is 31.6 Å². The van der Waals surface area contributed by atoms with Gasteiger partial charge in [-0.25, -0.2) is 8.78 Å². The molecule has 1 saturated heterocycles. The van der Waals surface area contributed by atoms with Crippen LogP contribution < -0.4 is 4.90 Å². The molecule has 26 heavy (non-hydrogen) atoms. The first kappa shape index (κ1) is 16.6. The van der Waals surface area contributed by atoms with E-state index in [0.717, 1.165) is 17.7 Å². The minimum Gasteiger partial charge on any atom is -0.371 e. The standard InChI is InChI=1S/C21H18F2N2O/c22-16-6-7-17(23)20-19(16)18(8-11-24-20)25-12-9-15(10-13-25)21(26)14-4-2-1-3-5-14/h1-8,11,15H,9-10,12-13H2. The molecule has 4 rings (SSSR count). The monoisotopic (exact) mass is 352 g/mol. The number of ketones is 1. The molecule has 0 amide bonds. The lowest BCUT2D eigenvalue weighted by atomic mass is 9.88. The second kappa shape index (κ2) is 6.83. The van der Waals surface area contributed by atoms with E-state index in [1.807, 2.05) is 35.2 Å². The van der Waals surface area contributed by atoms with Gasteiger partial charge in [0.1, 0.15) is 17.2 Å². The van der Waals surface area contributed by atoms with Crippen molar-refractivity contribution >= 4 is 22.4 Å². The number of anilines is 1. The Kier molecular flexibility index (Phi) is 4.37. The van der Waals surface area contributed by atoms with Gasteiger partial charge in [0.2, 0.25) is 0 Å². The number of carbonyl (C=O) groups excluding carboxylic acids is 1. The zero-order valence-electron chi connectivity index (χ0n) is 14.2. The molecule has 1 aromatic heterocycles. The molecule has 0 unspecified atom stereocenters. The van der Waals surface area contributed by atoms with Gasteiger partial charge in [0.25, 0.3) is 0 Å². The lowest BCUT2D eigenvalue weighted by molar-refractivity contribution is 0.0900. The Bertz CT molecular complexity index is 951. The van der Waals surface area contributed by atoms with Crippen molar-refractivity contribution in [1.29, 1.82) is 0 Å². The predicted octanol–water partition coefficient (Wildman–Crippen LogP) is 4.61. The van der Waals surface area contributed by atoms with Crippen molar-refractivity contribution in [3.8, 4) is 0 Å². The summed E-state index contributed by atoms with van der Waals surface area (Å²) in [6, 6.07) is 13.2. The van der Waals surface area contributed by atoms with Crippen molar-refractivity contribution < 1.29 is 13.6 Å². The fourth-order valence-electron chi connectivity index (χ4n) is 3.66. The van der Waals surface area contributed by atoms with Crippen molar-refractivity contribution in [2.45, 2.75) is 12.8 Å². The summed E-state index contributed by atoms with van der Waals surface area (Å²) in [5, 5.41) is 0.209. The van der Waals surface area contributed by atoms with Gasteiger partial charge < -0.3 is 4.90 Å². The molecule has 0 N–H and O–H groups in total. The summed E-state index contributed by atoms with van der Waals surface area (Å²) in [4.78, 5) is 18.6. The van der Waals surface area contributed by atoms with Crippen molar-refractivity contribution in [1.82, 2.24) is 4.98 Å². The highest BCUT2D eigenvalue weighted by atomic mass is 19.1. The number of rotatable bonds is 3. The number of aromatic nitrogens is 1. The first-order valence-corrected chi connectivity index (χ1v) is 8.72. The molecule has 3 nitrogen and oxygen atoms in total. The zero-order chi connectivity index (χ0) is 18.1. The molecular formula is C21H18F2N2O. The van der Waals surface area contributed by atoms with Crippen LogP contribution in [-0.2, 0) is 0 Å². The Hall–Kier alpha value is -2.82. The van der Waals surface area contributed by atoms with Gasteiger partial charge in [-0.05, 0) is 31.0 Å². The number of pyridine rings is 1. The van der Waals surface area contributed by atoms with Crippen LogP contribution in [0.25, 0.3) is 10.9 Å². The molecule has 1 aliphatic heterocycles. The molecule has 0 bridgehead atoms. The van der Waals surface area contributed by atoms with E-state index in [2.05, 4.69) is 4.98 Å². The Morgan fingerprint density at radius 2 is 1.65 bits per heavy atom. The highest BCUT2D eigenvalue weighted by Gasteiger charge is 2.27. The van der Waals surface area contributed by atoms with Crippen molar-refractivity contribution in [2.75, 3.05) is 18.0 Å². The molecule has 3 aromatic rings. The molecule has 1 aliphatic rings. The third-order valence-electron chi connectivity index (χ3n) is 5.03. The summed E-state index contributed by atoms with van der Waals surface area (Å²) in [5.74, 6) is -0.894. The van der Waals surface area contributed by atoms with Crippen LogP contribution >= 0.6 is 0 Å². The molecule has 0 aliphatic carbocycles. The largest absolute Gasteiger partial charge is 0.371 e. The van der Waals surface area contributed by atoms with Crippen molar-refractivity contribution in [3.63, 3.8) is 0 Å². The third-order valence-corrected chi connectivity index (χ3v) is 5.03. The number of benzene rings is 2. The summed E-state index contributed by atoms with van der Waals surface area (Å²) >= 11 is 0. The highest BCUT2D eigenvalue weighted by Crippen LogP contribution is 2.32. The average molecular weight is 352 g/mol. The van der Waals surface area contributed by atoms with Gasteiger partial charge in [0.05, 0.1) is 11.1 Å². The fourth-order valence-corrected chi connectivity index (χ4v) is 3.66. The van der Waals surface area contributed by atoms with Gasteiger partial charge in [-0.1, -0.05) is 30.3 Å². The maximum atomic E-state index is 14.3. The Labute approximate surface area is 150 Å². The maximum absolute atomic E-state index is 14.3. The van der Waals surface area contributed by atoms with Crippen molar-refractivity contribution in [2.24, 2.45) is 5.92 Å². The third kappa shape index (κ3) is 2.94. The van der Waals surface area contributed by atoms with Crippen molar-refractivity contribution in [3.05, 3.63) is 71.9 Å². The number of piperidine rings is 1. The minimum absolute atomic E-state index is 0.0386.